The Hall–Kier alpha value is -2.05. The molecule has 1 saturated heterocycles. The first-order valence-corrected chi connectivity index (χ1v) is 12.3. The molecule has 3 rings (SSSR count). The predicted molar refractivity (Wildman–Crippen MR) is 119 cm³/mol. The van der Waals surface area contributed by atoms with E-state index in [1.807, 2.05) is 6.92 Å². The third-order valence-electron chi connectivity index (χ3n) is 4.87. The molecule has 0 saturated carbocycles. The first-order chi connectivity index (χ1) is 14.9. The van der Waals surface area contributed by atoms with Crippen molar-refractivity contribution in [3.05, 3.63) is 35.3 Å². The molecule has 1 N–H and O–H groups in total. The van der Waals surface area contributed by atoms with Gasteiger partial charge in [0.05, 0.1) is 31.8 Å². The third kappa shape index (κ3) is 6.71. The Bertz CT molecular complexity index is 956. The van der Waals surface area contributed by atoms with E-state index in [-0.39, 0.29) is 18.0 Å². The lowest BCUT2D eigenvalue weighted by Gasteiger charge is -2.28. The summed E-state index contributed by atoms with van der Waals surface area (Å²) in [5.74, 6) is 0.146. The van der Waals surface area contributed by atoms with E-state index in [4.69, 9.17) is 9.47 Å². The molecule has 0 radical (unpaired) electrons. The monoisotopic (exact) mass is 468 g/mol. The molecular weight excluding hydrogens is 440 g/mol. The van der Waals surface area contributed by atoms with Crippen LogP contribution in [0.3, 0.4) is 0 Å². The topological polar surface area (TPSA) is 101 Å². The summed E-state index contributed by atoms with van der Waals surface area (Å²) in [5.41, 5.74) is 0. The molecule has 0 unspecified atom stereocenters. The van der Waals surface area contributed by atoms with Gasteiger partial charge in [-0.05, 0) is 44.2 Å². The molecule has 0 aliphatic carbocycles. The van der Waals surface area contributed by atoms with Crippen LogP contribution in [0.5, 0.6) is 5.75 Å². The van der Waals surface area contributed by atoms with Crippen LogP contribution in [-0.4, -0.2) is 81.6 Å². The molecular formula is C20H28N4O5S2. The van der Waals surface area contributed by atoms with Crippen molar-refractivity contribution in [2.45, 2.75) is 18.2 Å². The highest BCUT2D eigenvalue weighted by Gasteiger charge is 2.27. The molecule has 0 bridgehead atoms. The summed E-state index contributed by atoms with van der Waals surface area (Å²) in [6, 6.07) is 6.17. The summed E-state index contributed by atoms with van der Waals surface area (Å²) in [6.07, 6.45) is 2.27. The molecule has 1 amide bonds. The van der Waals surface area contributed by atoms with E-state index in [0.717, 1.165) is 24.5 Å². The van der Waals surface area contributed by atoms with E-state index < -0.39 is 15.9 Å². The van der Waals surface area contributed by atoms with Gasteiger partial charge in [-0.2, -0.15) is 4.31 Å². The minimum absolute atomic E-state index is 0.123. The van der Waals surface area contributed by atoms with E-state index in [2.05, 4.69) is 15.2 Å². The van der Waals surface area contributed by atoms with Gasteiger partial charge in [0.2, 0.25) is 15.9 Å². The summed E-state index contributed by atoms with van der Waals surface area (Å²) < 4.78 is 38.2. The number of morpholine rings is 1. The van der Waals surface area contributed by atoms with Crippen LogP contribution in [0.4, 0.5) is 5.13 Å². The number of nitrogens with zero attached hydrogens (tertiary/aromatic N) is 3. The Balaban J connectivity index is 1.70. The number of carbonyl (C=O) groups excluding carboxylic acids is 1. The summed E-state index contributed by atoms with van der Waals surface area (Å²) >= 11 is 1.34. The van der Waals surface area contributed by atoms with Gasteiger partial charge in [0, 0.05) is 30.7 Å². The van der Waals surface area contributed by atoms with Gasteiger partial charge < -0.3 is 14.8 Å². The zero-order chi connectivity index (χ0) is 22.3. The lowest BCUT2D eigenvalue weighted by Crippen LogP contribution is -2.41. The van der Waals surface area contributed by atoms with Gasteiger partial charge in [0.15, 0.2) is 5.13 Å². The second-order valence-electron chi connectivity index (χ2n) is 7.15. The van der Waals surface area contributed by atoms with Gasteiger partial charge >= 0.3 is 0 Å². The number of nitrogens with one attached hydrogen (secondary N) is 1. The molecule has 11 heteroatoms. The number of rotatable bonds is 10. The fourth-order valence-electron chi connectivity index (χ4n) is 3.21. The minimum Gasteiger partial charge on any atom is -0.497 e. The molecule has 2 heterocycles. The van der Waals surface area contributed by atoms with E-state index in [0.29, 0.717) is 30.5 Å². The number of ether oxygens (including phenoxy) is 2. The van der Waals surface area contributed by atoms with Crippen molar-refractivity contribution in [2.24, 2.45) is 0 Å². The average molecular weight is 469 g/mol. The molecule has 0 spiro atoms. The summed E-state index contributed by atoms with van der Waals surface area (Å²) in [4.78, 5) is 20.0. The smallest absolute Gasteiger partial charge is 0.243 e. The van der Waals surface area contributed by atoms with Crippen molar-refractivity contribution in [3.63, 3.8) is 0 Å². The number of carbonyl (C=O) groups is 1. The number of benzene rings is 1. The summed E-state index contributed by atoms with van der Waals surface area (Å²) in [7, 11) is -2.33. The first kappa shape index (κ1) is 23.6. The zero-order valence-corrected chi connectivity index (χ0v) is 19.4. The molecule has 9 nitrogen and oxygen atoms in total. The van der Waals surface area contributed by atoms with E-state index >= 15 is 0 Å². The van der Waals surface area contributed by atoms with Crippen LogP contribution in [-0.2, 0) is 19.6 Å². The van der Waals surface area contributed by atoms with E-state index in [1.54, 1.807) is 18.3 Å². The van der Waals surface area contributed by atoms with Gasteiger partial charge in [-0.15, -0.1) is 11.3 Å². The molecule has 1 aliphatic heterocycles. The van der Waals surface area contributed by atoms with Crippen LogP contribution in [0.2, 0.25) is 0 Å². The average Bonchev–Trinajstić information content (AvgIpc) is 3.18. The molecule has 1 aromatic carbocycles. The number of hydrogen-bond donors (Lipinski definition) is 1. The Labute approximate surface area is 187 Å². The van der Waals surface area contributed by atoms with Crippen LogP contribution >= 0.6 is 11.3 Å². The van der Waals surface area contributed by atoms with Gasteiger partial charge in [-0.3, -0.25) is 9.69 Å². The molecule has 31 heavy (non-hydrogen) atoms. The van der Waals surface area contributed by atoms with Crippen molar-refractivity contribution in [2.75, 3.05) is 58.4 Å². The van der Waals surface area contributed by atoms with Crippen molar-refractivity contribution < 1.29 is 22.7 Å². The van der Waals surface area contributed by atoms with Crippen LogP contribution in [0.15, 0.2) is 35.4 Å². The fourth-order valence-corrected chi connectivity index (χ4v) is 5.32. The Kier molecular flexibility index (Phi) is 8.38. The number of anilines is 1. The number of hydrogen-bond acceptors (Lipinski definition) is 8. The quantitative estimate of drug-likeness (QED) is 0.567. The van der Waals surface area contributed by atoms with Crippen LogP contribution in [0.1, 0.15) is 11.3 Å². The molecule has 2 aromatic rings. The molecule has 170 valence electrons. The highest BCUT2D eigenvalue weighted by molar-refractivity contribution is 7.89. The Morgan fingerprint density at radius 2 is 2.00 bits per heavy atom. The van der Waals surface area contributed by atoms with Crippen molar-refractivity contribution >= 4 is 32.4 Å². The Morgan fingerprint density at radius 3 is 2.61 bits per heavy atom. The number of aryl methyl sites for hydroxylation is 1. The summed E-state index contributed by atoms with van der Waals surface area (Å²) in [6.45, 7) is 5.61. The van der Waals surface area contributed by atoms with Crippen molar-refractivity contribution in [1.29, 1.82) is 0 Å². The van der Waals surface area contributed by atoms with Crippen molar-refractivity contribution in [3.8, 4) is 5.75 Å². The van der Waals surface area contributed by atoms with Crippen LogP contribution in [0, 0.1) is 6.92 Å². The lowest BCUT2D eigenvalue weighted by atomic mass is 10.3. The lowest BCUT2D eigenvalue weighted by molar-refractivity contribution is -0.116. The third-order valence-corrected chi connectivity index (χ3v) is 7.56. The van der Waals surface area contributed by atoms with Gasteiger partial charge in [0.25, 0.3) is 0 Å². The van der Waals surface area contributed by atoms with Gasteiger partial charge in [0.1, 0.15) is 5.75 Å². The summed E-state index contributed by atoms with van der Waals surface area (Å²) in [5, 5.41) is 3.15. The second-order valence-corrected chi connectivity index (χ2v) is 10.3. The first-order valence-electron chi connectivity index (χ1n) is 10.0. The standard InChI is InChI=1S/C20H28N4O5S2/c1-16-14-21-20(30-16)22-19(25)15-24(9-3-8-23-10-12-29-13-11-23)31(26,27)18-6-4-17(28-2)5-7-18/h4-7,14H,3,8-13,15H2,1-2H3,(H,21,22,25). The molecule has 0 atom stereocenters. The largest absolute Gasteiger partial charge is 0.497 e. The second kappa shape index (κ2) is 11.0. The maximum Gasteiger partial charge on any atom is 0.243 e. The number of methoxy groups -OCH3 is 1. The number of thiazole rings is 1. The number of sulfonamides is 1. The maximum atomic E-state index is 13.3. The van der Waals surface area contributed by atoms with E-state index in [9.17, 15) is 13.2 Å². The van der Waals surface area contributed by atoms with E-state index in [1.165, 1.54) is 34.9 Å². The van der Waals surface area contributed by atoms with Crippen LogP contribution in [0.25, 0.3) is 0 Å². The Morgan fingerprint density at radius 1 is 1.29 bits per heavy atom. The number of amides is 1. The molecule has 1 fully saturated rings. The highest BCUT2D eigenvalue weighted by atomic mass is 32.2. The number of aromatic nitrogens is 1. The predicted octanol–water partition coefficient (Wildman–Crippen LogP) is 1.81. The zero-order valence-electron chi connectivity index (χ0n) is 17.7. The normalized spacial score (nSPS) is 15.2. The van der Waals surface area contributed by atoms with Crippen LogP contribution < -0.4 is 10.1 Å². The maximum absolute atomic E-state index is 13.3. The van der Waals surface area contributed by atoms with Crippen molar-refractivity contribution in [1.82, 2.24) is 14.2 Å². The van der Waals surface area contributed by atoms with Gasteiger partial charge in [-0.25, -0.2) is 13.4 Å². The SMILES string of the molecule is COc1ccc(S(=O)(=O)N(CCCN2CCOCC2)CC(=O)Nc2ncc(C)s2)cc1. The van der Waals surface area contributed by atoms with Gasteiger partial charge in [-0.1, -0.05) is 0 Å². The molecule has 1 aromatic heterocycles. The highest BCUT2D eigenvalue weighted by Crippen LogP contribution is 2.21. The fraction of sp³-hybridized carbons (Fsp3) is 0.500. The molecule has 1 aliphatic rings. The minimum atomic E-state index is -3.85.